The molecule has 1 fully saturated rings. The van der Waals surface area contributed by atoms with Crippen LogP contribution in [0.3, 0.4) is 0 Å². The minimum Gasteiger partial charge on any atom is -0.314 e. The first-order valence-corrected chi connectivity index (χ1v) is 8.59. The predicted octanol–water partition coefficient (Wildman–Crippen LogP) is 3.44. The van der Waals surface area contributed by atoms with Crippen molar-refractivity contribution in [2.75, 3.05) is 19.6 Å². The van der Waals surface area contributed by atoms with E-state index < -0.39 is 0 Å². The van der Waals surface area contributed by atoms with Gasteiger partial charge >= 0.3 is 0 Å². The van der Waals surface area contributed by atoms with Gasteiger partial charge in [0.15, 0.2) is 0 Å². The maximum Gasteiger partial charge on any atom is 0.0492 e. The molecule has 2 aromatic heterocycles. The van der Waals surface area contributed by atoms with Crippen LogP contribution >= 0.6 is 11.3 Å². The molecule has 1 aliphatic rings. The number of fused-ring (bicyclic) bond motifs is 1. The molecule has 3 nitrogen and oxygen atoms in total. The first kappa shape index (κ1) is 13.9. The molecule has 1 atom stereocenters. The lowest BCUT2D eigenvalue weighted by atomic mass is 10.0. The van der Waals surface area contributed by atoms with E-state index >= 15 is 0 Å². The number of pyridine rings is 1. The van der Waals surface area contributed by atoms with Gasteiger partial charge in [-0.2, -0.15) is 0 Å². The van der Waals surface area contributed by atoms with Crippen molar-refractivity contribution < 1.29 is 0 Å². The number of rotatable bonds is 3. The summed E-state index contributed by atoms with van der Waals surface area (Å²) in [5, 5.41) is 7.22. The zero-order valence-corrected chi connectivity index (χ0v) is 13.2. The Balaban J connectivity index is 1.62. The van der Waals surface area contributed by atoms with Gasteiger partial charge in [-0.3, -0.25) is 9.88 Å². The zero-order chi connectivity index (χ0) is 14.8. The molecule has 4 rings (SSSR count). The van der Waals surface area contributed by atoms with Crippen molar-refractivity contribution in [1.82, 2.24) is 15.2 Å². The number of aromatic nitrogens is 1. The van der Waals surface area contributed by atoms with E-state index in [0.717, 1.165) is 26.2 Å². The SMILES string of the molecule is c1cncc(C2CNCCN2Cc2csc3ccccc23)c1. The van der Waals surface area contributed by atoms with Gasteiger partial charge in [-0.1, -0.05) is 24.3 Å². The van der Waals surface area contributed by atoms with Crippen molar-refractivity contribution in [3.05, 3.63) is 65.3 Å². The van der Waals surface area contributed by atoms with Crippen LogP contribution in [-0.4, -0.2) is 29.5 Å². The summed E-state index contributed by atoms with van der Waals surface area (Å²) in [6.45, 7) is 4.13. The molecule has 22 heavy (non-hydrogen) atoms. The van der Waals surface area contributed by atoms with Crippen molar-refractivity contribution in [2.45, 2.75) is 12.6 Å². The minimum absolute atomic E-state index is 0.404. The van der Waals surface area contributed by atoms with Gasteiger partial charge in [-0.05, 0) is 34.0 Å². The lowest BCUT2D eigenvalue weighted by Crippen LogP contribution is -2.45. The van der Waals surface area contributed by atoms with E-state index in [0.29, 0.717) is 6.04 Å². The van der Waals surface area contributed by atoms with Crippen LogP contribution < -0.4 is 5.32 Å². The van der Waals surface area contributed by atoms with Crippen LogP contribution in [0.25, 0.3) is 10.1 Å². The standard InChI is InChI=1S/C18H19N3S/c1-2-6-18-16(5-1)15(13-22-18)12-21-9-8-20-11-17(21)14-4-3-7-19-10-14/h1-7,10,13,17,20H,8-9,11-12H2. The van der Waals surface area contributed by atoms with E-state index in [2.05, 4.69) is 50.9 Å². The summed E-state index contributed by atoms with van der Waals surface area (Å²) in [7, 11) is 0. The van der Waals surface area contributed by atoms with Gasteiger partial charge in [0.25, 0.3) is 0 Å². The molecule has 1 aromatic carbocycles. The Morgan fingerprint density at radius 3 is 3.09 bits per heavy atom. The molecule has 0 spiro atoms. The summed E-state index contributed by atoms with van der Waals surface area (Å²) in [4.78, 5) is 6.86. The fourth-order valence-corrected chi connectivity index (χ4v) is 4.17. The molecule has 4 heteroatoms. The largest absolute Gasteiger partial charge is 0.314 e. The Bertz CT molecular complexity index is 753. The van der Waals surface area contributed by atoms with E-state index in [1.807, 2.05) is 29.8 Å². The number of nitrogens with one attached hydrogen (secondary N) is 1. The highest BCUT2D eigenvalue weighted by molar-refractivity contribution is 7.17. The topological polar surface area (TPSA) is 28.2 Å². The fraction of sp³-hybridized carbons (Fsp3) is 0.278. The molecule has 1 aliphatic heterocycles. The third-order valence-electron chi connectivity index (χ3n) is 4.36. The lowest BCUT2D eigenvalue weighted by Gasteiger charge is -2.36. The Morgan fingerprint density at radius 1 is 1.23 bits per heavy atom. The molecule has 1 saturated heterocycles. The van der Waals surface area contributed by atoms with Crippen molar-refractivity contribution in [3.8, 4) is 0 Å². The van der Waals surface area contributed by atoms with Gasteiger partial charge < -0.3 is 5.32 Å². The maximum absolute atomic E-state index is 4.29. The van der Waals surface area contributed by atoms with E-state index in [-0.39, 0.29) is 0 Å². The van der Waals surface area contributed by atoms with Gasteiger partial charge in [-0.25, -0.2) is 0 Å². The normalized spacial score (nSPS) is 19.5. The summed E-state index contributed by atoms with van der Waals surface area (Å²) in [5.74, 6) is 0. The molecule has 1 unspecified atom stereocenters. The van der Waals surface area contributed by atoms with Crippen molar-refractivity contribution in [3.63, 3.8) is 0 Å². The van der Waals surface area contributed by atoms with E-state index in [4.69, 9.17) is 0 Å². The van der Waals surface area contributed by atoms with Crippen molar-refractivity contribution in [1.29, 1.82) is 0 Å². The molecule has 0 saturated carbocycles. The van der Waals surface area contributed by atoms with Crippen LogP contribution in [0, 0.1) is 0 Å². The number of hydrogen-bond donors (Lipinski definition) is 1. The van der Waals surface area contributed by atoms with Gasteiger partial charge in [-0.15, -0.1) is 11.3 Å². The maximum atomic E-state index is 4.29. The Hall–Kier alpha value is -1.75. The number of benzene rings is 1. The van der Waals surface area contributed by atoms with Gasteiger partial charge in [0, 0.05) is 49.3 Å². The van der Waals surface area contributed by atoms with Crippen molar-refractivity contribution >= 4 is 21.4 Å². The highest BCUT2D eigenvalue weighted by Crippen LogP contribution is 2.30. The smallest absolute Gasteiger partial charge is 0.0492 e. The monoisotopic (exact) mass is 309 g/mol. The summed E-state index contributed by atoms with van der Waals surface area (Å²) >= 11 is 1.84. The first-order valence-electron chi connectivity index (χ1n) is 7.71. The van der Waals surface area contributed by atoms with Crippen LogP contribution in [0.15, 0.2) is 54.2 Å². The zero-order valence-electron chi connectivity index (χ0n) is 12.4. The van der Waals surface area contributed by atoms with Gasteiger partial charge in [0.1, 0.15) is 0 Å². The molecule has 3 heterocycles. The summed E-state index contributed by atoms with van der Waals surface area (Å²) < 4.78 is 1.38. The third kappa shape index (κ3) is 2.65. The molecular formula is C18H19N3S. The number of hydrogen-bond acceptors (Lipinski definition) is 4. The second kappa shape index (κ2) is 6.16. The Labute approximate surface area is 134 Å². The second-order valence-corrected chi connectivity index (χ2v) is 6.65. The average Bonchev–Trinajstić information content (AvgIpc) is 2.99. The predicted molar refractivity (Wildman–Crippen MR) is 92.1 cm³/mol. The Kier molecular flexibility index (Phi) is 3.89. The first-order chi connectivity index (χ1) is 10.9. The molecule has 0 bridgehead atoms. The molecule has 1 N–H and O–H groups in total. The van der Waals surface area contributed by atoms with Gasteiger partial charge in [0.05, 0.1) is 0 Å². The Morgan fingerprint density at radius 2 is 2.18 bits per heavy atom. The molecule has 3 aromatic rings. The average molecular weight is 309 g/mol. The number of thiophene rings is 1. The number of piperazine rings is 1. The quantitative estimate of drug-likeness (QED) is 0.803. The van der Waals surface area contributed by atoms with E-state index in [1.165, 1.54) is 21.2 Å². The summed E-state index contributed by atoms with van der Waals surface area (Å²) in [5.41, 5.74) is 2.74. The van der Waals surface area contributed by atoms with Gasteiger partial charge in [0.2, 0.25) is 0 Å². The van der Waals surface area contributed by atoms with Crippen LogP contribution in [0.1, 0.15) is 17.2 Å². The lowest BCUT2D eigenvalue weighted by molar-refractivity contribution is 0.154. The van der Waals surface area contributed by atoms with Crippen LogP contribution in [0.2, 0.25) is 0 Å². The third-order valence-corrected chi connectivity index (χ3v) is 5.37. The summed E-state index contributed by atoms with van der Waals surface area (Å²) in [6.07, 6.45) is 3.84. The summed E-state index contributed by atoms with van der Waals surface area (Å²) in [6, 6.07) is 13.3. The van der Waals surface area contributed by atoms with Crippen LogP contribution in [0.4, 0.5) is 0 Å². The van der Waals surface area contributed by atoms with E-state index in [1.54, 1.807) is 0 Å². The van der Waals surface area contributed by atoms with Crippen LogP contribution in [0.5, 0.6) is 0 Å². The second-order valence-electron chi connectivity index (χ2n) is 5.73. The molecule has 112 valence electrons. The highest BCUT2D eigenvalue weighted by Gasteiger charge is 2.24. The minimum atomic E-state index is 0.404. The fourth-order valence-electron chi connectivity index (χ4n) is 3.21. The number of nitrogens with zero attached hydrogens (tertiary/aromatic N) is 2. The highest BCUT2D eigenvalue weighted by atomic mass is 32.1. The van der Waals surface area contributed by atoms with Crippen LogP contribution in [-0.2, 0) is 6.54 Å². The molecule has 0 amide bonds. The molecule has 0 radical (unpaired) electrons. The van der Waals surface area contributed by atoms with E-state index in [9.17, 15) is 0 Å². The van der Waals surface area contributed by atoms with Crippen molar-refractivity contribution in [2.24, 2.45) is 0 Å². The molecular weight excluding hydrogens is 290 g/mol. The molecule has 0 aliphatic carbocycles.